The molecule has 2 aromatic rings. The van der Waals surface area contributed by atoms with Crippen LogP contribution in [0.25, 0.3) is 0 Å². The van der Waals surface area contributed by atoms with Crippen molar-refractivity contribution in [2.24, 2.45) is 10.1 Å². The molecule has 0 spiro atoms. The van der Waals surface area contributed by atoms with Crippen molar-refractivity contribution < 1.29 is 27.9 Å². The van der Waals surface area contributed by atoms with Crippen molar-refractivity contribution in [3.8, 4) is 5.75 Å². The van der Waals surface area contributed by atoms with E-state index in [1.807, 2.05) is 49.2 Å². The molecule has 1 unspecified atom stereocenters. The summed E-state index contributed by atoms with van der Waals surface area (Å²) in [4.78, 5) is 11.3. The first kappa shape index (κ1) is 26.2. The molecule has 1 atom stereocenters. The molecule has 0 bridgehead atoms. The highest BCUT2D eigenvalue weighted by Gasteiger charge is 2.56. The summed E-state index contributed by atoms with van der Waals surface area (Å²) in [5.74, 6) is -0.121. The number of methoxy groups -OCH3 is 1. The van der Waals surface area contributed by atoms with E-state index in [4.69, 9.17) is 9.57 Å². The molecule has 1 N–H and O–H groups in total. The Labute approximate surface area is 192 Å². The Morgan fingerprint density at radius 2 is 1.85 bits per heavy atom. The molecule has 0 fully saturated rings. The lowest BCUT2D eigenvalue weighted by atomic mass is 9.86. The number of hydrogen-bond donors (Lipinski definition) is 1. The zero-order valence-electron chi connectivity index (χ0n) is 19.5. The SMILES string of the molecule is CCN(C)C=Nc1cc(OC)c(C(O)(C/C(C)=N/OCc2ccccc2)C(F)(F)F)cc1C. The summed E-state index contributed by atoms with van der Waals surface area (Å²) < 4.78 is 47.7. The number of hydrogen-bond acceptors (Lipinski definition) is 5. The monoisotopic (exact) mass is 465 g/mol. The van der Waals surface area contributed by atoms with Crippen LogP contribution in [-0.2, 0) is 17.0 Å². The average Bonchev–Trinajstić information content (AvgIpc) is 2.77. The Morgan fingerprint density at radius 3 is 2.42 bits per heavy atom. The second-order valence-electron chi connectivity index (χ2n) is 7.78. The predicted octanol–water partition coefficient (Wildman–Crippen LogP) is 5.35. The molecule has 0 saturated carbocycles. The molecule has 33 heavy (non-hydrogen) atoms. The summed E-state index contributed by atoms with van der Waals surface area (Å²) in [6.07, 6.45) is -4.23. The van der Waals surface area contributed by atoms with Gasteiger partial charge in [0, 0.05) is 31.6 Å². The Morgan fingerprint density at radius 1 is 1.18 bits per heavy atom. The van der Waals surface area contributed by atoms with Gasteiger partial charge in [0.15, 0.2) is 5.60 Å². The topological polar surface area (TPSA) is 66.7 Å². The average molecular weight is 466 g/mol. The lowest BCUT2D eigenvalue weighted by Crippen LogP contribution is -2.44. The number of oxime groups is 1. The quantitative estimate of drug-likeness (QED) is 0.292. The first-order chi connectivity index (χ1) is 15.5. The van der Waals surface area contributed by atoms with E-state index in [-0.39, 0.29) is 18.1 Å². The van der Waals surface area contributed by atoms with E-state index in [9.17, 15) is 18.3 Å². The third-order valence-electron chi connectivity index (χ3n) is 5.13. The maximum atomic E-state index is 14.1. The number of aliphatic imine (C=N–C) groups is 1. The van der Waals surface area contributed by atoms with Crippen molar-refractivity contribution in [2.75, 3.05) is 20.7 Å². The highest BCUT2D eigenvalue weighted by atomic mass is 19.4. The van der Waals surface area contributed by atoms with Crippen LogP contribution in [0.15, 0.2) is 52.6 Å². The molecule has 0 amide bonds. The van der Waals surface area contributed by atoms with Crippen molar-refractivity contribution in [1.82, 2.24) is 4.90 Å². The molecule has 0 saturated heterocycles. The summed E-state index contributed by atoms with van der Waals surface area (Å²) in [6, 6.07) is 11.7. The summed E-state index contributed by atoms with van der Waals surface area (Å²) in [5, 5.41) is 14.7. The summed E-state index contributed by atoms with van der Waals surface area (Å²) >= 11 is 0. The van der Waals surface area contributed by atoms with Crippen molar-refractivity contribution in [3.05, 3.63) is 59.2 Å². The molecule has 2 aromatic carbocycles. The third-order valence-corrected chi connectivity index (χ3v) is 5.13. The zero-order valence-corrected chi connectivity index (χ0v) is 19.5. The van der Waals surface area contributed by atoms with Gasteiger partial charge in [-0.1, -0.05) is 35.5 Å². The smallest absolute Gasteiger partial charge is 0.421 e. The molecule has 0 aliphatic heterocycles. The van der Waals surface area contributed by atoms with E-state index in [1.54, 1.807) is 13.3 Å². The van der Waals surface area contributed by atoms with E-state index in [0.29, 0.717) is 11.3 Å². The number of halogens is 3. The van der Waals surface area contributed by atoms with Crippen LogP contribution < -0.4 is 4.74 Å². The Balaban J connectivity index is 2.37. The van der Waals surface area contributed by atoms with Gasteiger partial charge in [-0.15, -0.1) is 0 Å². The molecule has 9 heteroatoms. The van der Waals surface area contributed by atoms with Gasteiger partial charge in [-0.05, 0) is 38.0 Å². The lowest BCUT2D eigenvalue weighted by Gasteiger charge is -2.32. The standard InChI is InChI=1S/C24H30F3N3O3/c1-6-30(4)16-28-21-13-22(32-5)20(12-17(21)2)23(31,24(25,26)27)14-18(3)29-33-15-19-10-8-7-9-11-19/h7-13,16,31H,6,14-15H2,1-5H3/b28-16?,29-18+. The van der Waals surface area contributed by atoms with Crippen LogP contribution in [0.4, 0.5) is 18.9 Å². The van der Waals surface area contributed by atoms with E-state index in [1.165, 1.54) is 26.2 Å². The summed E-state index contributed by atoms with van der Waals surface area (Å²) in [6.45, 7) is 5.77. The molecule has 0 heterocycles. The van der Waals surface area contributed by atoms with Crippen LogP contribution >= 0.6 is 0 Å². The van der Waals surface area contributed by atoms with E-state index < -0.39 is 23.8 Å². The van der Waals surface area contributed by atoms with Gasteiger partial charge in [-0.25, -0.2) is 4.99 Å². The second kappa shape index (κ2) is 11.2. The minimum Gasteiger partial charge on any atom is -0.496 e. The van der Waals surface area contributed by atoms with E-state index in [2.05, 4.69) is 10.1 Å². The normalized spacial score (nSPS) is 14.3. The van der Waals surface area contributed by atoms with Crippen molar-refractivity contribution in [2.45, 2.75) is 45.6 Å². The van der Waals surface area contributed by atoms with Crippen LogP contribution in [-0.4, -0.2) is 48.9 Å². The van der Waals surface area contributed by atoms with Crippen LogP contribution in [0.2, 0.25) is 0 Å². The Kier molecular flexibility index (Phi) is 8.87. The van der Waals surface area contributed by atoms with Crippen LogP contribution in [0.1, 0.15) is 37.0 Å². The van der Waals surface area contributed by atoms with Gasteiger partial charge in [0.1, 0.15) is 12.4 Å². The molecule has 0 aliphatic rings. The maximum absolute atomic E-state index is 14.1. The van der Waals surface area contributed by atoms with Gasteiger partial charge in [0.2, 0.25) is 0 Å². The van der Waals surface area contributed by atoms with E-state index in [0.717, 1.165) is 12.1 Å². The summed E-state index contributed by atoms with van der Waals surface area (Å²) in [5.41, 5.74) is -1.93. The first-order valence-corrected chi connectivity index (χ1v) is 10.4. The molecule has 2 rings (SSSR count). The molecule has 180 valence electrons. The second-order valence-corrected chi connectivity index (χ2v) is 7.78. The van der Waals surface area contributed by atoms with E-state index >= 15 is 0 Å². The summed E-state index contributed by atoms with van der Waals surface area (Å²) in [7, 11) is 3.08. The van der Waals surface area contributed by atoms with Crippen LogP contribution in [0, 0.1) is 6.92 Å². The number of rotatable bonds is 10. The maximum Gasteiger partial charge on any atom is 0.421 e. The van der Waals surface area contributed by atoms with Gasteiger partial charge >= 0.3 is 6.18 Å². The zero-order chi connectivity index (χ0) is 24.6. The van der Waals surface area contributed by atoms with Crippen molar-refractivity contribution in [3.63, 3.8) is 0 Å². The fourth-order valence-electron chi connectivity index (χ4n) is 3.09. The Hall–Kier alpha value is -3.07. The minimum atomic E-state index is -4.99. The number of ether oxygens (including phenoxy) is 1. The predicted molar refractivity (Wildman–Crippen MR) is 123 cm³/mol. The lowest BCUT2D eigenvalue weighted by molar-refractivity contribution is -0.264. The number of alkyl halides is 3. The van der Waals surface area contributed by atoms with Gasteiger partial charge in [0.25, 0.3) is 0 Å². The number of nitrogens with zero attached hydrogens (tertiary/aromatic N) is 3. The van der Waals surface area contributed by atoms with Gasteiger partial charge in [0.05, 0.1) is 24.8 Å². The van der Waals surface area contributed by atoms with Gasteiger partial charge in [-0.2, -0.15) is 13.2 Å². The third kappa shape index (κ3) is 6.71. The molecule has 0 aliphatic carbocycles. The molecular weight excluding hydrogens is 435 g/mol. The fraction of sp³-hybridized carbons (Fsp3) is 0.417. The fourth-order valence-corrected chi connectivity index (χ4v) is 3.09. The van der Waals surface area contributed by atoms with Crippen LogP contribution in [0.5, 0.6) is 5.75 Å². The first-order valence-electron chi connectivity index (χ1n) is 10.4. The van der Waals surface area contributed by atoms with Crippen molar-refractivity contribution >= 4 is 17.7 Å². The highest BCUT2D eigenvalue weighted by molar-refractivity contribution is 5.83. The number of aryl methyl sites for hydroxylation is 1. The van der Waals surface area contributed by atoms with Gasteiger partial charge in [-0.3, -0.25) is 0 Å². The highest BCUT2D eigenvalue weighted by Crippen LogP contribution is 2.47. The minimum absolute atomic E-state index is 0.0165. The Bertz CT molecular complexity index is 978. The molecule has 0 aromatic heterocycles. The molecular formula is C24H30F3N3O3. The van der Waals surface area contributed by atoms with Crippen molar-refractivity contribution in [1.29, 1.82) is 0 Å². The van der Waals surface area contributed by atoms with Crippen LogP contribution in [0.3, 0.4) is 0 Å². The largest absolute Gasteiger partial charge is 0.496 e. The number of aliphatic hydroxyl groups is 1. The van der Waals surface area contributed by atoms with Gasteiger partial charge < -0.3 is 19.6 Å². The molecule has 0 radical (unpaired) electrons. The number of benzene rings is 2. The molecule has 6 nitrogen and oxygen atoms in total.